The summed E-state index contributed by atoms with van der Waals surface area (Å²) in [6.07, 6.45) is 3.60. The molecule has 0 aliphatic heterocycles. The standard InChI is InChI=1S/C18H26N2O6/c1-8(19)14(21)25-16(23)13-12-4-10-3-11(5-12)7-18(13,6-10)17(24)26-15(22)9(2)20/h8-13H,3-7,19-20H2,1-2H3/t8-,9-,10?,11?,12?,13?,18?/m0/s1. The quantitative estimate of drug-likeness (QED) is 0.534. The molecule has 5 atom stereocenters. The molecule has 4 aliphatic rings. The van der Waals surface area contributed by atoms with Gasteiger partial charge in [0.25, 0.3) is 0 Å². The second-order valence-electron chi connectivity index (χ2n) is 8.27. The van der Waals surface area contributed by atoms with Crippen LogP contribution in [0.15, 0.2) is 0 Å². The van der Waals surface area contributed by atoms with E-state index in [1.54, 1.807) is 0 Å². The Morgan fingerprint density at radius 2 is 1.38 bits per heavy atom. The van der Waals surface area contributed by atoms with Gasteiger partial charge in [0, 0.05) is 0 Å². The molecule has 3 unspecified atom stereocenters. The van der Waals surface area contributed by atoms with Crippen LogP contribution in [0, 0.1) is 29.1 Å². The van der Waals surface area contributed by atoms with E-state index in [1.165, 1.54) is 13.8 Å². The van der Waals surface area contributed by atoms with Crippen molar-refractivity contribution >= 4 is 23.9 Å². The van der Waals surface area contributed by atoms with Gasteiger partial charge >= 0.3 is 23.9 Å². The zero-order chi connectivity index (χ0) is 19.2. The number of nitrogens with two attached hydrogens (primary N) is 2. The van der Waals surface area contributed by atoms with Crippen molar-refractivity contribution in [1.82, 2.24) is 0 Å². The van der Waals surface area contributed by atoms with Gasteiger partial charge in [-0.05, 0) is 63.7 Å². The fourth-order valence-corrected chi connectivity index (χ4v) is 5.29. The molecule has 8 heteroatoms. The van der Waals surface area contributed by atoms with Gasteiger partial charge in [-0.2, -0.15) is 0 Å². The number of carbonyl (C=O) groups excluding carboxylic acids is 4. The second kappa shape index (κ2) is 6.74. The van der Waals surface area contributed by atoms with Gasteiger partial charge in [-0.3, -0.25) is 9.59 Å². The van der Waals surface area contributed by atoms with Gasteiger partial charge in [-0.1, -0.05) is 0 Å². The molecule has 0 amide bonds. The van der Waals surface area contributed by atoms with E-state index in [-0.39, 0.29) is 5.92 Å². The second-order valence-corrected chi connectivity index (χ2v) is 8.27. The van der Waals surface area contributed by atoms with Crippen molar-refractivity contribution in [3.05, 3.63) is 0 Å². The van der Waals surface area contributed by atoms with Crippen LogP contribution >= 0.6 is 0 Å². The zero-order valence-electron chi connectivity index (χ0n) is 15.1. The Morgan fingerprint density at radius 1 is 0.885 bits per heavy atom. The van der Waals surface area contributed by atoms with Crippen LogP contribution in [0.25, 0.3) is 0 Å². The van der Waals surface area contributed by atoms with E-state index in [1.807, 2.05) is 0 Å². The predicted molar refractivity (Wildman–Crippen MR) is 89.0 cm³/mol. The van der Waals surface area contributed by atoms with Gasteiger partial charge < -0.3 is 20.9 Å². The Balaban J connectivity index is 1.88. The van der Waals surface area contributed by atoms with Crippen LogP contribution in [0.3, 0.4) is 0 Å². The number of carbonyl (C=O) groups is 4. The van der Waals surface area contributed by atoms with Gasteiger partial charge in [0.15, 0.2) is 0 Å². The topological polar surface area (TPSA) is 139 Å². The Kier molecular flexibility index (Phi) is 4.92. The number of hydrogen-bond acceptors (Lipinski definition) is 8. The predicted octanol–water partition coefficient (Wildman–Crippen LogP) is 0.263. The molecule has 4 saturated carbocycles. The van der Waals surface area contributed by atoms with E-state index in [0.29, 0.717) is 24.7 Å². The summed E-state index contributed by atoms with van der Waals surface area (Å²) in [4.78, 5) is 49.3. The van der Waals surface area contributed by atoms with Crippen LogP contribution < -0.4 is 11.5 Å². The first-order valence-electron chi connectivity index (χ1n) is 9.17. The third kappa shape index (κ3) is 3.16. The van der Waals surface area contributed by atoms with Gasteiger partial charge in [0.1, 0.15) is 12.1 Å². The summed E-state index contributed by atoms with van der Waals surface area (Å²) < 4.78 is 9.95. The molecule has 0 saturated heterocycles. The van der Waals surface area contributed by atoms with Crippen molar-refractivity contribution in [2.24, 2.45) is 40.6 Å². The molecule has 26 heavy (non-hydrogen) atoms. The Bertz CT molecular complexity index is 630. The molecule has 8 nitrogen and oxygen atoms in total. The van der Waals surface area contributed by atoms with Gasteiger partial charge in [0.05, 0.1) is 11.3 Å². The van der Waals surface area contributed by atoms with E-state index in [4.69, 9.17) is 20.9 Å². The average molecular weight is 366 g/mol. The first-order chi connectivity index (χ1) is 12.1. The van der Waals surface area contributed by atoms with Crippen LogP contribution in [-0.4, -0.2) is 36.0 Å². The summed E-state index contributed by atoms with van der Waals surface area (Å²) in [5, 5.41) is 0. The highest BCUT2D eigenvalue weighted by molar-refractivity contribution is 5.96. The van der Waals surface area contributed by atoms with Gasteiger partial charge in [0.2, 0.25) is 0 Å². The Labute approximate surface area is 151 Å². The highest BCUT2D eigenvalue weighted by Gasteiger charge is 2.64. The van der Waals surface area contributed by atoms with Crippen molar-refractivity contribution in [1.29, 1.82) is 0 Å². The molecule has 4 N–H and O–H groups in total. The molecule has 144 valence electrons. The van der Waals surface area contributed by atoms with Crippen molar-refractivity contribution in [2.45, 2.75) is 58.0 Å². The van der Waals surface area contributed by atoms with Crippen LogP contribution in [0.1, 0.15) is 46.0 Å². The summed E-state index contributed by atoms with van der Waals surface area (Å²) >= 11 is 0. The van der Waals surface area contributed by atoms with E-state index in [0.717, 1.165) is 19.3 Å². The molecule has 0 aromatic carbocycles. The lowest BCUT2D eigenvalue weighted by atomic mass is 9.45. The third-order valence-electron chi connectivity index (χ3n) is 6.11. The third-order valence-corrected chi connectivity index (χ3v) is 6.11. The summed E-state index contributed by atoms with van der Waals surface area (Å²) in [5.74, 6) is -3.28. The smallest absolute Gasteiger partial charge is 0.330 e. The van der Waals surface area contributed by atoms with E-state index < -0.39 is 47.3 Å². The summed E-state index contributed by atoms with van der Waals surface area (Å²) in [7, 11) is 0. The molecular weight excluding hydrogens is 340 g/mol. The molecule has 0 heterocycles. The van der Waals surface area contributed by atoms with Crippen LogP contribution in [-0.2, 0) is 28.7 Å². The molecule has 4 bridgehead atoms. The average Bonchev–Trinajstić information content (AvgIpc) is 2.53. The lowest BCUT2D eigenvalue weighted by molar-refractivity contribution is -0.199. The maximum absolute atomic E-state index is 12.9. The minimum atomic E-state index is -1.12. The molecular formula is C18H26N2O6. The van der Waals surface area contributed by atoms with E-state index >= 15 is 0 Å². The fourth-order valence-electron chi connectivity index (χ4n) is 5.29. The molecule has 0 spiro atoms. The Hall–Kier alpha value is -1.80. The number of ether oxygens (including phenoxy) is 2. The van der Waals surface area contributed by atoms with Gasteiger partial charge in [-0.15, -0.1) is 0 Å². The molecule has 0 aromatic heterocycles. The SMILES string of the molecule is C[C@H](N)C(=O)OC(=O)C1C2CC3CC(C2)CC1(C(=O)OC(=O)[C@H](C)N)C3. The maximum atomic E-state index is 12.9. The van der Waals surface area contributed by atoms with Gasteiger partial charge in [-0.25, -0.2) is 9.59 Å². The normalized spacial score (nSPS) is 36.9. The van der Waals surface area contributed by atoms with Crippen molar-refractivity contribution in [2.75, 3.05) is 0 Å². The van der Waals surface area contributed by atoms with Crippen LogP contribution in [0.4, 0.5) is 0 Å². The number of esters is 4. The minimum absolute atomic E-state index is 0.0485. The first-order valence-corrected chi connectivity index (χ1v) is 9.17. The van der Waals surface area contributed by atoms with E-state index in [9.17, 15) is 19.2 Å². The fraction of sp³-hybridized carbons (Fsp3) is 0.778. The molecule has 4 rings (SSSR count). The maximum Gasteiger partial charge on any atom is 0.330 e. The lowest BCUT2D eigenvalue weighted by Crippen LogP contribution is -2.60. The number of rotatable bonds is 4. The molecule has 4 fully saturated rings. The highest BCUT2D eigenvalue weighted by atomic mass is 16.6. The molecule has 0 radical (unpaired) electrons. The van der Waals surface area contributed by atoms with Crippen molar-refractivity contribution in [3.8, 4) is 0 Å². The lowest BCUT2D eigenvalue weighted by Gasteiger charge is -2.58. The highest BCUT2D eigenvalue weighted by Crippen LogP contribution is 2.63. The van der Waals surface area contributed by atoms with Crippen molar-refractivity contribution in [3.63, 3.8) is 0 Å². The summed E-state index contributed by atoms with van der Waals surface area (Å²) in [5.41, 5.74) is 9.85. The minimum Gasteiger partial charge on any atom is -0.392 e. The van der Waals surface area contributed by atoms with Crippen molar-refractivity contribution < 1.29 is 28.7 Å². The molecule has 4 aliphatic carbocycles. The van der Waals surface area contributed by atoms with Crippen LogP contribution in [0.5, 0.6) is 0 Å². The zero-order valence-corrected chi connectivity index (χ0v) is 15.1. The largest absolute Gasteiger partial charge is 0.392 e. The number of hydrogen-bond donors (Lipinski definition) is 2. The summed E-state index contributed by atoms with van der Waals surface area (Å²) in [6.45, 7) is 2.86. The van der Waals surface area contributed by atoms with E-state index in [2.05, 4.69) is 0 Å². The monoisotopic (exact) mass is 366 g/mol. The Morgan fingerprint density at radius 3 is 1.88 bits per heavy atom. The first kappa shape index (κ1) is 19.0. The van der Waals surface area contributed by atoms with Crippen LogP contribution in [0.2, 0.25) is 0 Å². The molecule has 0 aromatic rings. The summed E-state index contributed by atoms with van der Waals surface area (Å²) in [6, 6.07) is -1.86.